The van der Waals surface area contributed by atoms with Crippen molar-refractivity contribution in [3.8, 4) is 0 Å². The maximum absolute atomic E-state index is 13.4. The molecule has 1 aromatic heterocycles. The van der Waals surface area contributed by atoms with Gasteiger partial charge in [-0.15, -0.1) is 0 Å². The summed E-state index contributed by atoms with van der Waals surface area (Å²) in [6.07, 6.45) is -2.51. The molecule has 27 heavy (non-hydrogen) atoms. The van der Waals surface area contributed by atoms with Crippen LogP contribution in [-0.2, 0) is 22.5 Å². The van der Waals surface area contributed by atoms with Gasteiger partial charge < -0.3 is 15.0 Å². The number of nitrogens with one attached hydrogen (secondary N) is 1. The number of hydrogen-bond acceptors (Lipinski definition) is 5. The summed E-state index contributed by atoms with van der Waals surface area (Å²) in [5.41, 5.74) is -3.27. The lowest BCUT2D eigenvalue weighted by molar-refractivity contribution is -0.272. The predicted molar refractivity (Wildman–Crippen MR) is 89.7 cm³/mol. The SMILES string of the molecule is Cn1ccnc1C(O)(CCNC(=O)c1cccc(S(C)(=O)=O)c1)C(F)(F)F. The highest BCUT2D eigenvalue weighted by Crippen LogP contribution is 2.40. The molecule has 0 aliphatic rings. The molecule has 2 aromatic rings. The van der Waals surface area contributed by atoms with Gasteiger partial charge in [-0.05, 0) is 18.2 Å². The van der Waals surface area contributed by atoms with Gasteiger partial charge >= 0.3 is 6.18 Å². The quantitative estimate of drug-likeness (QED) is 0.757. The Kier molecular flexibility index (Phi) is 5.66. The molecule has 11 heteroatoms. The van der Waals surface area contributed by atoms with E-state index in [1.807, 2.05) is 0 Å². The van der Waals surface area contributed by atoms with Crippen molar-refractivity contribution < 1.29 is 31.5 Å². The van der Waals surface area contributed by atoms with Crippen molar-refractivity contribution in [3.05, 3.63) is 48.0 Å². The molecule has 0 aliphatic heterocycles. The number of aromatic nitrogens is 2. The first-order valence-electron chi connectivity index (χ1n) is 7.71. The molecule has 0 saturated carbocycles. The topological polar surface area (TPSA) is 101 Å². The van der Waals surface area contributed by atoms with Crippen LogP contribution < -0.4 is 5.32 Å². The Morgan fingerprint density at radius 3 is 2.52 bits per heavy atom. The number of nitrogens with zero attached hydrogens (tertiary/aromatic N) is 2. The van der Waals surface area contributed by atoms with Gasteiger partial charge in [0.1, 0.15) is 5.82 Å². The number of alkyl halides is 3. The molecular weight excluding hydrogens is 387 g/mol. The Hall–Kier alpha value is -2.40. The van der Waals surface area contributed by atoms with Gasteiger partial charge in [-0.3, -0.25) is 4.79 Å². The number of imidazole rings is 1. The zero-order valence-corrected chi connectivity index (χ0v) is 15.3. The lowest BCUT2D eigenvalue weighted by atomic mass is 9.97. The highest BCUT2D eigenvalue weighted by Gasteiger charge is 2.57. The minimum absolute atomic E-state index is 0.0227. The predicted octanol–water partition coefficient (Wildman–Crippen LogP) is 1.39. The van der Waals surface area contributed by atoms with E-state index in [1.54, 1.807) is 0 Å². The van der Waals surface area contributed by atoms with Gasteiger partial charge in [0.15, 0.2) is 9.84 Å². The third kappa shape index (κ3) is 4.48. The van der Waals surface area contributed by atoms with Crippen molar-refractivity contribution in [2.75, 3.05) is 12.8 Å². The maximum Gasteiger partial charge on any atom is 0.424 e. The van der Waals surface area contributed by atoms with Crippen LogP contribution in [0, 0.1) is 0 Å². The molecule has 0 saturated heterocycles. The molecule has 1 heterocycles. The number of rotatable bonds is 6. The third-order valence-electron chi connectivity index (χ3n) is 3.96. The third-order valence-corrected chi connectivity index (χ3v) is 5.07. The monoisotopic (exact) mass is 405 g/mol. The number of halogens is 3. The number of sulfone groups is 1. The number of benzene rings is 1. The Balaban J connectivity index is 2.14. The van der Waals surface area contributed by atoms with Crippen LogP contribution in [0.25, 0.3) is 0 Å². The zero-order valence-electron chi connectivity index (χ0n) is 14.5. The van der Waals surface area contributed by atoms with Crippen LogP contribution in [0.1, 0.15) is 22.6 Å². The number of hydrogen-bond donors (Lipinski definition) is 2. The summed E-state index contributed by atoms with van der Waals surface area (Å²) in [4.78, 5) is 15.6. The van der Waals surface area contributed by atoms with Gasteiger partial charge in [0, 0.05) is 44.2 Å². The maximum atomic E-state index is 13.4. The van der Waals surface area contributed by atoms with Gasteiger partial charge in [0.25, 0.3) is 5.91 Å². The summed E-state index contributed by atoms with van der Waals surface area (Å²) in [6.45, 7) is -0.509. The number of carbonyl (C=O) groups is 1. The molecule has 148 valence electrons. The molecule has 1 unspecified atom stereocenters. The van der Waals surface area contributed by atoms with E-state index in [2.05, 4.69) is 10.3 Å². The molecule has 0 bridgehead atoms. The molecule has 0 fully saturated rings. The molecule has 2 rings (SSSR count). The minimum Gasteiger partial charge on any atom is -0.374 e. The van der Waals surface area contributed by atoms with Crippen LogP contribution in [0.5, 0.6) is 0 Å². The molecule has 2 N–H and O–H groups in total. The summed E-state index contributed by atoms with van der Waals surface area (Å²) in [5.74, 6) is -1.35. The summed E-state index contributed by atoms with van der Waals surface area (Å²) >= 11 is 0. The second-order valence-electron chi connectivity index (χ2n) is 6.03. The highest BCUT2D eigenvalue weighted by atomic mass is 32.2. The Morgan fingerprint density at radius 1 is 1.33 bits per heavy atom. The molecule has 1 aromatic carbocycles. The van der Waals surface area contributed by atoms with E-state index < -0.39 is 46.3 Å². The van der Waals surface area contributed by atoms with Crippen molar-refractivity contribution in [1.29, 1.82) is 0 Å². The van der Waals surface area contributed by atoms with Crippen LogP contribution in [0.3, 0.4) is 0 Å². The standard InChI is InChI=1S/C16H18F3N3O4S/c1-22-9-8-21-14(22)15(24,16(17,18)19)6-7-20-13(23)11-4-3-5-12(10-11)27(2,25)26/h3-5,8-10,24H,6-7H2,1-2H3,(H,20,23). The first kappa shape index (κ1) is 20.9. The van der Waals surface area contributed by atoms with Crippen molar-refractivity contribution in [2.45, 2.75) is 23.1 Å². The molecule has 0 spiro atoms. The summed E-state index contributed by atoms with van der Waals surface area (Å²) in [6, 6.07) is 5.11. The zero-order chi connectivity index (χ0) is 20.5. The number of aryl methyl sites for hydroxylation is 1. The van der Waals surface area contributed by atoms with Gasteiger partial charge in [-0.2, -0.15) is 13.2 Å². The summed E-state index contributed by atoms with van der Waals surface area (Å²) in [7, 11) is -2.22. The second kappa shape index (κ2) is 7.31. The molecule has 0 aliphatic carbocycles. The van der Waals surface area contributed by atoms with Crippen LogP contribution in [0.4, 0.5) is 13.2 Å². The van der Waals surface area contributed by atoms with Gasteiger partial charge in [0.2, 0.25) is 5.60 Å². The van der Waals surface area contributed by atoms with E-state index >= 15 is 0 Å². The summed E-state index contributed by atoms with van der Waals surface area (Å²) < 4.78 is 64.3. The Labute approximate surface area is 153 Å². The van der Waals surface area contributed by atoms with E-state index in [0.717, 1.165) is 23.1 Å². The number of aliphatic hydroxyl groups is 1. The highest BCUT2D eigenvalue weighted by molar-refractivity contribution is 7.90. The van der Waals surface area contributed by atoms with Crippen molar-refractivity contribution in [1.82, 2.24) is 14.9 Å². The minimum atomic E-state index is -5.01. The Bertz CT molecular complexity index is 940. The van der Waals surface area contributed by atoms with Crippen LogP contribution >= 0.6 is 0 Å². The normalized spacial score (nSPS) is 14.6. The smallest absolute Gasteiger partial charge is 0.374 e. The average molecular weight is 405 g/mol. The first-order valence-corrected chi connectivity index (χ1v) is 9.60. The largest absolute Gasteiger partial charge is 0.424 e. The molecular formula is C16H18F3N3O4S. The molecule has 1 amide bonds. The van der Waals surface area contributed by atoms with Gasteiger partial charge in [-0.1, -0.05) is 6.07 Å². The summed E-state index contributed by atoms with van der Waals surface area (Å²) in [5, 5.41) is 12.4. The van der Waals surface area contributed by atoms with Gasteiger partial charge in [-0.25, -0.2) is 13.4 Å². The van der Waals surface area contributed by atoms with E-state index in [9.17, 15) is 31.5 Å². The lowest BCUT2D eigenvalue weighted by Crippen LogP contribution is -2.46. The van der Waals surface area contributed by atoms with Gasteiger partial charge in [0.05, 0.1) is 4.90 Å². The van der Waals surface area contributed by atoms with E-state index in [4.69, 9.17) is 0 Å². The van der Waals surface area contributed by atoms with E-state index in [1.165, 1.54) is 31.4 Å². The van der Waals surface area contributed by atoms with Crippen molar-refractivity contribution in [3.63, 3.8) is 0 Å². The number of amides is 1. The van der Waals surface area contributed by atoms with Crippen LogP contribution in [-0.4, -0.2) is 48.0 Å². The average Bonchev–Trinajstić information content (AvgIpc) is 2.99. The van der Waals surface area contributed by atoms with E-state index in [-0.39, 0.29) is 10.5 Å². The van der Waals surface area contributed by atoms with Crippen molar-refractivity contribution in [2.24, 2.45) is 7.05 Å². The van der Waals surface area contributed by atoms with E-state index in [0.29, 0.717) is 0 Å². The Morgan fingerprint density at radius 2 is 2.00 bits per heavy atom. The fourth-order valence-corrected chi connectivity index (χ4v) is 3.14. The van der Waals surface area contributed by atoms with Crippen LogP contribution in [0.2, 0.25) is 0 Å². The lowest BCUT2D eigenvalue weighted by Gasteiger charge is -2.30. The fourth-order valence-electron chi connectivity index (χ4n) is 2.47. The fraction of sp³-hybridized carbons (Fsp3) is 0.375. The van der Waals surface area contributed by atoms with Crippen LogP contribution in [0.15, 0.2) is 41.6 Å². The second-order valence-corrected chi connectivity index (χ2v) is 8.04. The molecule has 7 nitrogen and oxygen atoms in total. The number of carbonyl (C=O) groups excluding carboxylic acids is 1. The molecule has 0 radical (unpaired) electrons. The van der Waals surface area contributed by atoms with Crippen molar-refractivity contribution >= 4 is 15.7 Å². The molecule has 1 atom stereocenters. The first-order chi connectivity index (χ1) is 12.4.